The Morgan fingerprint density at radius 3 is 3.05 bits per heavy atom. The van der Waals surface area contributed by atoms with E-state index in [0.29, 0.717) is 18.2 Å². The number of aromatic nitrogens is 3. The van der Waals surface area contributed by atoms with Crippen LogP contribution >= 0.6 is 0 Å². The summed E-state index contributed by atoms with van der Waals surface area (Å²) in [6.45, 7) is 4.26. The lowest BCUT2D eigenvalue weighted by molar-refractivity contribution is 0.307. The van der Waals surface area contributed by atoms with Crippen molar-refractivity contribution in [2.45, 2.75) is 19.9 Å². The molecule has 3 N–H and O–H groups in total. The molecule has 19 heavy (non-hydrogen) atoms. The standard InChI is InChI=1S/C13H19N5O/c1-2-9-19-13-11(14)3-4-12(17-13)16-6-8-18-7-5-15-10-18/h3-5,7,10H,2,6,8-9,14H2,1H3,(H,16,17). The van der Waals surface area contributed by atoms with Crippen molar-refractivity contribution in [3.8, 4) is 5.88 Å². The summed E-state index contributed by atoms with van der Waals surface area (Å²) < 4.78 is 7.49. The zero-order valence-electron chi connectivity index (χ0n) is 11.0. The molecule has 0 amide bonds. The Balaban J connectivity index is 1.89. The molecular formula is C13H19N5O. The van der Waals surface area contributed by atoms with Crippen molar-refractivity contribution in [3.05, 3.63) is 30.9 Å². The summed E-state index contributed by atoms with van der Waals surface area (Å²) in [6, 6.07) is 3.65. The van der Waals surface area contributed by atoms with Gasteiger partial charge in [0.05, 0.1) is 18.6 Å². The second-order valence-electron chi connectivity index (χ2n) is 4.17. The highest BCUT2D eigenvalue weighted by Crippen LogP contribution is 2.20. The summed E-state index contributed by atoms with van der Waals surface area (Å²) in [5.74, 6) is 1.26. The molecule has 2 aromatic heterocycles. The van der Waals surface area contributed by atoms with Crippen molar-refractivity contribution in [1.82, 2.24) is 14.5 Å². The second-order valence-corrected chi connectivity index (χ2v) is 4.17. The van der Waals surface area contributed by atoms with E-state index >= 15 is 0 Å². The minimum absolute atomic E-state index is 0.495. The summed E-state index contributed by atoms with van der Waals surface area (Å²) >= 11 is 0. The van der Waals surface area contributed by atoms with Crippen molar-refractivity contribution < 1.29 is 4.74 Å². The first-order chi connectivity index (χ1) is 9.29. The highest BCUT2D eigenvalue weighted by atomic mass is 16.5. The summed E-state index contributed by atoms with van der Waals surface area (Å²) in [7, 11) is 0. The Morgan fingerprint density at radius 1 is 1.42 bits per heavy atom. The van der Waals surface area contributed by atoms with E-state index in [0.717, 1.165) is 25.3 Å². The number of nitrogens with one attached hydrogen (secondary N) is 1. The van der Waals surface area contributed by atoms with Crippen molar-refractivity contribution in [3.63, 3.8) is 0 Å². The van der Waals surface area contributed by atoms with Crippen LogP contribution in [0.15, 0.2) is 30.9 Å². The first-order valence-corrected chi connectivity index (χ1v) is 6.38. The average Bonchev–Trinajstić information content (AvgIpc) is 2.92. The van der Waals surface area contributed by atoms with Crippen molar-refractivity contribution in [2.75, 3.05) is 24.2 Å². The van der Waals surface area contributed by atoms with E-state index in [1.54, 1.807) is 18.6 Å². The van der Waals surface area contributed by atoms with E-state index in [9.17, 15) is 0 Å². The largest absolute Gasteiger partial charge is 0.476 e. The number of rotatable bonds is 7. The van der Waals surface area contributed by atoms with Crippen molar-refractivity contribution in [1.29, 1.82) is 0 Å². The number of hydrogen-bond donors (Lipinski definition) is 2. The van der Waals surface area contributed by atoms with Crippen LogP contribution in [-0.4, -0.2) is 27.7 Å². The maximum Gasteiger partial charge on any atom is 0.239 e. The molecule has 102 valence electrons. The van der Waals surface area contributed by atoms with Crippen LogP contribution in [0, 0.1) is 0 Å². The lowest BCUT2D eigenvalue weighted by atomic mass is 10.4. The molecule has 0 aliphatic rings. The SMILES string of the molecule is CCCOc1nc(NCCn2ccnc2)ccc1N. The minimum Gasteiger partial charge on any atom is -0.476 e. The third-order valence-electron chi connectivity index (χ3n) is 2.57. The lowest BCUT2D eigenvalue weighted by Crippen LogP contribution is -2.11. The van der Waals surface area contributed by atoms with E-state index in [4.69, 9.17) is 10.5 Å². The molecule has 0 aliphatic carbocycles. The molecule has 0 atom stereocenters. The third-order valence-corrected chi connectivity index (χ3v) is 2.57. The number of nitrogens with two attached hydrogens (primary N) is 1. The number of anilines is 2. The van der Waals surface area contributed by atoms with E-state index in [-0.39, 0.29) is 0 Å². The van der Waals surface area contributed by atoms with Gasteiger partial charge in [0, 0.05) is 25.5 Å². The maximum absolute atomic E-state index is 5.81. The number of nitrogens with zero attached hydrogens (tertiary/aromatic N) is 3. The first kappa shape index (κ1) is 13.2. The second kappa shape index (κ2) is 6.63. The molecule has 2 heterocycles. The summed E-state index contributed by atoms with van der Waals surface area (Å²) in [5.41, 5.74) is 6.37. The Labute approximate surface area is 112 Å². The van der Waals surface area contributed by atoms with Gasteiger partial charge < -0.3 is 20.4 Å². The third kappa shape index (κ3) is 3.87. The van der Waals surface area contributed by atoms with E-state index in [1.807, 2.05) is 23.8 Å². The Morgan fingerprint density at radius 2 is 2.32 bits per heavy atom. The number of hydrogen-bond acceptors (Lipinski definition) is 5. The van der Waals surface area contributed by atoms with Crippen LogP contribution in [0.4, 0.5) is 11.5 Å². The van der Waals surface area contributed by atoms with Gasteiger partial charge in [0.25, 0.3) is 0 Å². The van der Waals surface area contributed by atoms with Gasteiger partial charge in [-0.05, 0) is 18.6 Å². The number of imidazole rings is 1. The predicted octanol–water partition coefficient (Wildman–Crippen LogP) is 1.76. The molecule has 2 aromatic rings. The fourth-order valence-corrected chi connectivity index (χ4v) is 1.60. The van der Waals surface area contributed by atoms with Gasteiger partial charge in [-0.2, -0.15) is 4.98 Å². The van der Waals surface area contributed by atoms with Crippen molar-refractivity contribution >= 4 is 11.5 Å². The molecule has 0 radical (unpaired) electrons. The monoisotopic (exact) mass is 261 g/mol. The maximum atomic E-state index is 5.81. The van der Waals surface area contributed by atoms with Gasteiger partial charge in [0.1, 0.15) is 5.82 Å². The Kier molecular flexibility index (Phi) is 4.60. The molecule has 0 bridgehead atoms. The van der Waals surface area contributed by atoms with Crippen LogP contribution in [0.25, 0.3) is 0 Å². The minimum atomic E-state index is 0.495. The van der Waals surface area contributed by atoms with Gasteiger partial charge in [0.15, 0.2) is 0 Å². The molecule has 2 rings (SSSR count). The van der Waals surface area contributed by atoms with E-state index < -0.39 is 0 Å². The van der Waals surface area contributed by atoms with E-state index in [2.05, 4.69) is 15.3 Å². The van der Waals surface area contributed by atoms with Crippen LogP contribution in [0.3, 0.4) is 0 Å². The molecule has 6 nitrogen and oxygen atoms in total. The zero-order valence-corrected chi connectivity index (χ0v) is 11.0. The highest BCUT2D eigenvalue weighted by Gasteiger charge is 2.03. The van der Waals surface area contributed by atoms with Crippen LogP contribution in [0.1, 0.15) is 13.3 Å². The van der Waals surface area contributed by atoms with Crippen molar-refractivity contribution in [2.24, 2.45) is 0 Å². The number of pyridine rings is 1. The summed E-state index contributed by atoms with van der Waals surface area (Å²) in [4.78, 5) is 8.34. The number of ether oxygens (including phenoxy) is 1. The van der Waals surface area contributed by atoms with E-state index in [1.165, 1.54) is 0 Å². The van der Waals surface area contributed by atoms with Crippen LogP contribution in [-0.2, 0) is 6.54 Å². The molecule has 0 aliphatic heterocycles. The topological polar surface area (TPSA) is 78.0 Å². The fourth-order valence-electron chi connectivity index (χ4n) is 1.60. The Bertz CT molecular complexity index is 498. The molecule has 6 heteroatoms. The Hall–Kier alpha value is -2.24. The van der Waals surface area contributed by atoms with Crippen LogP contribution in [0.2, 0.25) is 0 Å². The zero-order chi connectivity index (χ0) is 13.5. The van der Waals surface area contributed by atoms with Gasteiger partial charge in [-0.3, -0.25) is 0 Å². The average molecular weight is 261 g/mol. The lowest BCUT2D eigenvalue weighted by Gasteiger charge is -2.10. The fraction of sp³-hybridized carbons (Fsp3) is 0.385. The molecule has 0 saturated carbocycles. The molecular weight excluding hydrogens is 242 g/mol. The van der Waals surface area contributed by atoms with Gasteiger partial charge in [-0.1, -0.05) is 6.92 Å². The molecule has 0 aromatic carbocycles. The number of nitrogen functional groups attached to an aromatic ring is 1. The first-order valence-electron chi connectivity index (χ1n) is 6.38. The summed E-state index contributed by atoms with van der Waals surface area (Å²) in [5, 5.41) is 3.23. The highest BCUT2D eigenvalue weighted by molar-refractivity contribution is 5.53. The quantitative estimate of drug-likeness (QED) is 0.794. The van der Waals surface area contributed by atoms with Gasteiger partial charge in [-0.25, -0.2) is 4.98 Å². The van der Waals surface area contributed by atoms with Gasteiger partial charge in [0.2, 0.25) is 5.88 Å². The molecule has 0 spiro atoms. The summed E-state index contributed by atoms with van der Waals surface area (Å²) in [6.07, 6.45) is 6.40. The molecule has 0 fully saturated rings. The molecule has 0 unspecified atom stereocenters. The van der Waals surface area contributed by atoms with Gasteiger partial charge >= 0.3 is 0 Å². The normalized spacial score (nSPS) is 10.4. The van der Waals surface area contributed by atoms with Crippen LogP contribution < -0.4 is 15.8 Å². The molecule has 0 saturated heterocycles. The van der Waals surface area contributed by atoms with Gasteiger partial charge in [-0.15, -0.1) is 0 Å². The predicted molar refractivity (Wildman–Crippen MR) is 75.2 cm³/mol. The smallest absolute Gasteiger partial charge is 0.239 e. The van der Waals surface area contributed by atoms with Crippen LogP contribution in [0.5, 0.6) is 5.88 Å².